The molecule has 0 aliphatic rings. The summed E-state index contributed by atoms with van der Waals surface area (Å²) in [5, 5.41) is 20.7. The van der Waals surface area contributed by atoms with E-state index in [-0.39, 0.29) is 13.2 Å². The number of anilines is 1. The fraction of sp³-hybridized carbons (Fsp3) is 0.455. The third kappa shape index (κ3) is 4.75. The van der Waals surface area contributed by atoms with E-state index < -0.39 is 19.1 Å². The zero-order valence-electron chi connectivity index (χ0n) is 9.44. The van der Waals surface area contributed by atoms with Gasteiger partial charge in [0.2, 0.25) is 0 Å². The van der Waals surface area contributed by atoms with Crippen LogP contribution in [0.15, 0.2) is 22.7 Å². The van der Waals surface area contributed by atoms with Gasteiger partial charge in [-0.3, -0.25) is 0 Å². The summed E-state index contributed by atoms with van der Waals surface area (Å²) in [4.78, 5) is 0. The Hall–Kier alpha value is -0.920. The normalized spacial score (nSPS) is 12.6. The van der Waals surface area contributed by atoms with Crippen LogP contribution in [0.25, 0.3) is 0 Å². The smallest absolute Gasteiger partial charge is 0.272 e. The van der Waals surface area contributed by atoms with Crippen molar-refractivity contribution in [3.05, 3.63) is 22.7 Å². The number of rotatable bonds is 7. The van der Waals surface area contributed by atoms with E-state index in [9.17, 15) is 13.9 Å². The van der Waals surface area contributed by atoms with Crippen LogP contribution in [0.2, 0.25) is 0 Å². The van der Waals surface area contributed by atoms with Gasteiger partial charge in [-0.1, -0.05) is 6.07 Å². The summed E-state index contributed by atoms with van der Waals surface area (Å²) >= 11 is 3.23. The van der Waals surface area contributed by atoms with E-state index in [1.54, 1.807) is 18.2 Å². The van der Waals surface area contributed by atoms with Gasteiger partial charge in [0.05, 0.1) is 22.9 Å². The lowest BCUT2D eigenvalue weighted by molar-refractivity contribution is 0.0815. The first-order valence-corrected chi connectivity index (χ1v) is 6.06. The first-order valence-electron chi connectivity index (χ1n) is 5.26. The largest absolute Gasteiger partial charge is 0.486 e. The van der Waals surface area contributed by atoms with Gasteiger partial charge in [-0.2, -0.15) is 0 Å². The molecule has 7 heteroatoms. The van der Waals surface area contributed by atoms with Crippen molar-refractivity contribution in [2.24, 2.45) is 0 Å². The van der Waals surface area contributed by atoms with Crippen LogP contribution in [0, 0.1) is 0 Å². The number of ether oxygens (including phenoxy) is 1. The number of alkyl halides is 2. The third-order valence-electron chi connectivity index (χ3n) is 2.07. The molecule has 0 aromatic heterocycles. The predicted octanol–water partition coefficient (Wildman–Crippen LogP) is 1.86. The van der Waals surface area contributed by atoms with Crippen molar-refractivity contribution >= 4 is 21.6 Å². The average Bonchev–Trinajstić information content (AvgIpc) is 2.35. The van der Waals surface area contributed by atoms with Crippen LogP contribution < -0.4 is 10.1 Å². The molecule has 4 nitrogen and oxygen atoms in total. The summed E-state index contributed by atoms with van der Waals surface area (Å²) in [7, 11) is 0. The maximum Gasteiger partial charge on any atom is 0.272 e. The number of benzene rings is 1. The molecule has 0 spiro atoms. The Morgan fingerprint density at radius 1 is 1.39 bits per heavy atom. The van der Waals surface area contributed by atoms with Crippen molar-refractivity contribution in [2.75, 3.05) is 25.1 Å². The van der Waals surface area contributed by atoms with Crippen LogP contribution in [0.4, 0.5) is 14.5 Å². The maximum atomic E-state index is 12.0. The standard InChI is InChI=1S/C11H14BrF2NO3/c12-11-8(15-4-7(17)5-16)2-1-3-9(11)18-6-10(13)14/h1-3,7,10,15-17H,4-6H2. The predicted molar refractivity (Wildman–Crippen MR) is 67.2 cm³/mol. The van der Waals surface area contributed by atoms with E-state index in [1.807, 2.05) is 0 Å². The van der Waals surface area contributed by atoms with Crippen LogP contribution in [0.5, 0.6) is 5.75 Å². The van der Waals surface area contributed by atoms with Crippen molar-refractivity contribution in [2.45, 2.75) is 12.5 Å². The first-order chi connectivity index (χ1) is 8.54. The molecule has 3 N–H and O–H groups in total. The average molecular weight is 326 g/mol. The van der Waals surface area contributed by atoms with Crippen LogP contribution in [0.1, 0.15) is 0 Å². The Labute approximate surface area is 112 Å². The molecule has 102 valence electrons. The van der Waals surface area contributed by atoms with Gasteiger partial charge in [-0.25, -0.2) is 8.78 Å². The van der Waals surface area contributed by atoms with E-state index in [4.69, 9.17) is 9.84 Å². The molecule has 0 radical (unpaired) electrons. The van der Waals surface area contributed by atoms with Crippen molar-refractivity contribution < 1.29 is 23.7 Å². The minimum atomic E-state index is -2.54. The zero-order valence-corrected chi connectivity index (χ0v) is 11.0. The highest BCUT2D eigenvalue weighted by Gasteiger charge is 2.10. The maximum absolute atomic E-state index is 12.0. The van der Waals surface area contributed by atoms with Gasteiger partial charge < -0.3 is 20.3 Å². The minimum Gasteiger partial charge on any atom is -0.486 e. The lowest BCUT2D eigenvalue weighted by Gasteiger charge is -2.14. The molecular weight excluding hydrogens is 312 g/mol. The SMILES string of the molecule is OCC(O)CNc1cccc(OCC(F)F)c1Br. The Balaban J connectivity index is 2.66. The molecule has 0 amide bonds. The molecular formula is C11H14BrF2NO3. The van der Waals surface area contributed by atoms with E-state index in [0.29, 0.717) is 15.9 Å². The third-order valence-corrected chi connectivity index (χ3v) is 2.88. The highest BCUT2D eigenvalue weighted by atomic mass is 79.9. The topological polar surface area (TPSA) is 61.7 Å². The molecule has 0 fully saturated rings. The summed E-state index contributed by atoms with van der Waals surface area (Å²) in [5.74, 6) is 0.291. The van der Waals surface area contributed by atoms with Crippen molar-refractivity contribution in [1.29, 1.82) is 0 Å². The Kier molecular flexibility index (Phi) is 6.31. The highest BCUT2D eigenvalue weighted by molar-refractivity contribution is 9.10. The molecule has 0 aliphatic carbocycles. The number of hydrogen-bond donors (Lipinski definition) is 3. The molecule has 0 aliphatic heterocycles. The molecule has 0 heterocycles. The van der Waals surface area contributed by atoms with Crippen molar-refractivity contribution in [3.63, 3.8) is 0 Å². The van der Waals surface area contributed by atoms with E-state index >= 15 is 0 Å². The van der Waals surface area contributed by atoms with Gasteiger partial charge >= 0.3 is 0 Å². The van der Waals surface area contributed by atoms with Gasteiger partial charge in [0.1, 0.15) is 12.4 Å². The van der Waals surface area contributed by atoms with E-state index in [1.165, 1.54) is 0 Å². The molecule has 0 saturated carbocycles. The summed E-state index contributed by atoms with van der Waals surface area (Å²) in [6, 6.07) is 4.89. The summed E-state index contributed by atoms with van der Waals surface area (Å²) < 4.78 is 29.5. The number of aliphatic hydroxyl groups excluding tert-OH is 2. The minimum absolute atomic E-state index is 0.146. The monoisotopic (exact) mass is 325 g/mol. The van der Waals surface area contributed by atoms with Crippen molar-refractivity contribution in [1.82, 2.24) is 0 Å². The molecule has 1 aromatic rings. The lowest BCUT2D eigenvalue weighted by Crippen LogP contribution is -2.23. The number of hydrogen-bond acceptors (Lipinski definition) is 4. The molecule has 18 heavy (non-hydrogen) atoms. The van der Waals surface area contributed by atoms with Crippen LogP contribution in [-0.2, 0) is 0 Å². The number of halogens is 3. The Morgan fingerprint density at radius 3 is 2.72 bits per heavy atom. The fourth-order valence-electron chi connectivity index (χ4n) is 1.20. The number of aliphatic hydroxyl groups is 2. The second-order valence-electron chi connectivity index (χ2n) is 3.54. The quantitative estimate of drug-likeness (QED) is 0.716. The van der Waals surface area contributed by atoms with Gasteiger partial charge in [0.15, 0.2) is 0 Å². The van der Waals surface area contributed by atoms with E-state index in [0.717, 1.165) is 0 Å². The molecule has 1 atom stereocenters. The van der Waals surface area contributed by atoms with Crippen LogP contribution >= 0.6 is 15.9 Å². The molecule has 1 unspecified atom stereocenters. The zero-order chi connectivity index (χ0) is 13.5. The van der Waals surface area contributed by atoms with Crippen molar-refractivity contribution in [3.8, 4) is 5.75 Å². The summed E-state index contributed by atoms with van der Waals surface area (Å²) in [6.07, 6.45) is -3.42. The van der Waals surface area contributed by atoms with E-state index in [2.05, 4.69) is 21.2 Å². The van der Waals surface area contributed by atoms with Crippen LogP contribution in [0.3, 0.4) is 0 Å². The fourth-order valence-corrected chi connectivity index (χ4v) is 1.72. The van der Waals surface area contributed by atoms with Crippen LogP contribution in [-0.4, -0.2) is 42.5 Å². The first kappa shape index (κ1) is 15.1. The summed E-state index contributed by atoms with van der Waals surface area (Å²) in [6.45, 7) is -0.888. The highest BCUT2D eigenvalue weighted by Crippen LogP contribution is 2.32. The second-order valence-corrected chi connectivity index (χ2v) is 4.33. The molecule has 0 saturated heterocycles. The number of nitrogens with one attached hydrogen (secondary N) is 1. The Morgan fingerprint density at radius 2 is 2.11 bits per heavy atom. The second kappa shape index (κ2) is 7.50. The molecule has 1 aromatic carbocycles. The van der Waals surface area contributed by atoms with Gasteiger partial charge in [-0.15, -0.1) is 0 Å². The molecule has 1 rings (SSSR count). The van der Waals surface area contributed by atoms with Gasteiger partial charge in [0.25, 0.3) is 6.43 Å². The summed E-state index contributed by atoms with van der Waals surface area (Å²) in [5.41, 5.74) is 0.592. The van der Waals surface area contributed by atoms with Gasteiger partial charge in [-0.05, 0) is 28.1 Å². The molecule has 0 bridgehead atoms. The lowest BCUT2D eigenvalue weighted by atomic mass is 10.3. The van der Waals surface area contributed by atoms with Gasteiger partial charge in [0, 0.05) is 6.54 Å². The Bertz CT molecular complexity index is 379.